The molecule has 0 saturated heterocycles. The minimum Gasteiger partial charge on any atom is -0.481 e. The highest BCUT2D eigenvalue weighted by Crippen LogP contribution is 2.67. The summed E-state index contributed by atoms with van der Waals surface area (Å²) in [5.41, 5.74) is 0.748. The van der Waals surface area contributed by atoms with Gasteiger partial charge in [-0.05, 0) is 67.4 Å². The predicted octanol–water partition coefficient (Wildman–Crippen LogP) is 4.79. The van der Waals surface area contributed by atoms with Crippen LogP contribution in [-0.2, 0) is 16.6 Å². The Kier molecular flexibility index (Phi) is 3.09. The Morgan fingerprint density at radius 1 is 1.17 bits per heavy atom. The number of aliphatic carboxylic acids is 1. The van der Waals surface area contributed by atoms with Crippen LogP contribution in [0.3, 0.4) is 0 Å². The van der Waals surface area contributed by atoms with Crippen molar-refractivity contribution in [3.8, 4) is 0 Å². The molecule has 4 atom stereocenters. The molecule has 0 aliphatic heterocycles. The Bertz CT molecular complexity index is 643. The molecule has 126 valence electrons. The van der Waals surface area contributed by atoms with Gasteiger partial charge >= 0.3 is 5.97 Å². The lowest BCUT2D eigenvalue weighted by atomic mass is 9.40. The Morgan fingerprint density at radius 3 is 2.70 bits per heavy atom. The van der Waals surface area contributed by atoms with Gasteiger partial charge in [-0.2, -0.15) is 0 Å². The van der Waals surface area contributed by atoms with Crippen molar-refractivity contribution in [1.82, 2.24) is 0 Å². The van der Waals surface area contributed by atoms with E-state index in [0.717, 1.165) is 50.7 Å². The number of aryl methyl sites for hydroxylation is 1. The Labute approximate surface area is 138 Å². The lowest BCUT2D eigenvalue weighted by Gasteiger charge is -2.62. The summed E-state index contributed by atoms with van der Waals surface area (Å²) < 4.78 is 5.89. The molecule has 0 radical (unpaired) electrons. The molecule has 0 bridgehead atoms. The minimum absolute atomic E-state index is 0.112. The van der Waals surface area contributed by atoms with E-state index in [9.17, 15) is 9.90 Å². The van der Waals surface area contributed by atoms with Gasteiger partial charge in [0, 0.05) is 5.41 Å². The van der Waals surface area contributed by atoms with Gasteiger partial charge in [-0.15, -0.1) is 0 Å². The van der Waals surface area contributed by atoms with Gasteiger partial charge in [-0.25, -0.2) is 0 Å². The largest absolute Gasteiger partial charge is 0.481 e. The molecule has 1 aromatic rings. The van der Waals surface area contributed by atoms with E-state index in [0.29, 0.717) is 0 Å². The van der Waals surface area contributed by atoms with Gasteiger partial charge in [-0.3, -0.25) is 4.79 Å². The van der Waals surface area contributed by atoms with E-state index < -0.39 is 11.4 Å². The third kappa shape index (κ3) is 1.79. The number of rotatable bonds is 1. The lowest BCUT2D eigenvalue weighted by molar-refractivity contribution is -0.184. The average molecular weight is 316 g/mol. The topological polar surface area (TPSA) is 50.4 Å². The van der Waals surface area contributed by atoms with E-state index in [1.165, 1.54) is 5.56 Å². The van der Waals surface area contributed by atoms with Crippen molar-refractivity contribution in [3.63, 3.8) is 0 Å². The summed E-state index contributed by atoms with van der Waals surface area (Å²) in [6, 6.07) is 2.08. The zero-order valence-corrected chi connectivity index (χ0v) is 14.5. The van der Waals surface area contributed by atoms with Crippen LogP contribution >= 0.6 is 0 Å². The maximum absolute atomic E-state index is 12.6. The SMILES string of the molecule is CC1(C)CCCC2(C(=O)O)C1CCC1(C)c3occc3CCC12. The standard InChI is InChI=1S/C20H28O3/c1-18(2)9-4-10-20(17(21)22)14(18)7-11-19(3)15(20)6-5-13-8-12-23-16(13)19/h8,12,14-15H,4-7,9-11H2,1-3H3,(H,21,22). The number of carboxylic acid groups (broad SMARTS) is 1. The smallest absolute Gasteiger partial charge is 0.310 e. The second kappa shape index (κ2) is 4.64. The van der Waals surface area contributed by atoms with E-state index in [4.69, 9.17) is 4.42 Å². The first kappa shape index (κ1) is 15.3. The molecule has 1 heterocycles. The van der Waals surface area contributed by atoms with Crippen molar-refractivity contribution in [2.45, 2.75) is 71.1 Å². The monoisotopic (exact) mass is 316 g/mol. The average Bonchev–Trinajstić information content (AvgIpc) is 2.95. The molecule has 0 aromatic carbocycles. The van der Waals surface area contributed by atoms with E-state index in [1.54, 1.807) is 6.26 Å². The number of carboxylic acids is 1. The zero-order chi connectivity index (χ0) is 16.5. The summed E-state index contributed by atoms with van der Waals surface area (Å²) in [7, 11) is 0. The van der Waals surface area contributed by atoms with Gasteiger partial charge in [0.05, 0.1) is 11.7 Å². The predicted molar refractivity (Wildman–Crippen MR) is 88.3 cm³/mol. The number of furan rings is 1. The molecule has 0 amide bonds. The molecule has 1 N–H and O–H groups in total. The highest BCUT2D eigenvalue weighted by molar-refractivity contribution is 5.77. The highest BCUT2D eigenvalue weighted by Gasteiger charge is 2.66. The van der Waals surface area contributed by atoms with E-state index in [-0.39, 0.29) is 22.7 Å². The normalized spacial score (nSPS) is 41.5. The van der Waals surface area contributed by atoms with Crippen molar-refractivity contribution in [2.75, 3.05) is 0 Å². The summed E-state index contributed by atoms with van der Waals surface area (Å²) in [6.45, 7) is 6.85. The van der Waals surface area contributed by atoms with Crippen LogP contribution in [0.1, 0.15) is 70.6 Å². The van der Waals surface area contributed by atoms with E-state index in [1.807, 2.05) is 0 Å². The van der Waals surface area contributed by atoms with Gasteiger partial charge in [0.25, 0.3) is 0 Å². The maximum atomic E-state index is 12.6. The van der Waals surface area contributed by atoms with Crippen LogP contribution < -0.4 is 0 Å². The van der Waals surface area contributed by atoms with Crippen LogP contribution in [0.4, 0.5) is 0 Å². The Balaban J connectivity index is 1.87. The number of hydrogen-bond acceptors (Lipinski definition) is 2. The van der Waals surface area contributed by atoms with Crippen LogP contribution in [0, 0.1) is 22.7 Å². The second-order valence-corrected chi connectivity index (χ2v) is 9.06. The summed E-state index contributed by atoms with van der Waals surface area (Å²) in [4.78, 5) is 12.6. The Morgan fingerprint density at radius 2 is 1.96 bits per heavy atom. The molecule has 2 saturated carbocycles. The quantitative estimate of drug-likeness (QED) is 0.810. The van der Waals surface area contributed by atoms with Crippen molar-refractivity contribution in [2.24, 2.45) is 22.7 Å². The molecular formula is C20H28O3. The van der Waals surface area contributed by atoms with Gasteiger partial charge in [0.2, 0.25) is 0 Å². The Hall–Kier alpha value is -1.25. The fourth-order valence-electron chi connectivity index (χ4n) is 6.72. The molecule has 0 spiro atoms. The molecule has 4 unspecified atom stereocenters. The van der Waals surface area contributed by atoms with Crippen LogP contribution in [0.5, 0.6) is 0 Å². The first-order valence-corrected chi connectivity index (χ1v) is 9.12. The van der Waals surface area contributed by atoms with Crippen LogP contribution in [-0.4, -0.2) is 11.1 Å². The van der Waals surface area contributed by atoms with Gasteiger partial charge in [0.15, 0.2) is 0 Å². The number of carbonyl (C=O) groups is 1. The van der Waals surface area contributed by atoms with Crippen LogP contribution in [0.25, 0.3) is 0 Å². The highest BCUT2D eigenvalue weighted by atomic mass is 16.4. The molecule has 1 aromatic heterocycles. The molecule has 3 nitrogen and oxygen atoms in total. The second-order valence-electron chi connectivity index (χ2n) is 9.06. The van der Waals surface area contributed by atoms with Gasteiger partial charge in [0.1, 0.15) is 5.76 Å². The maximum Gasteiger partial charge on any atom is 0.310 e. The number of hydrogen-bond donors (Lipinski definition) is 1. The number of fused-ring (bicyclic) bond motifs is 5. The first-order valence-electron chi connectivity index (χ1n) is 9.12. The van der Waals surface area contributed by atoms with Crippen molar-refractivity contribution in [1.29, 1.82) is 0 Å². The summed E-state index contributed by atoms with van der Waals surface area (Å²) >= 11 is 0. The first-order chi connectivity index (χ1) is 10.8. The van der Waals surface area contributed by atoms with Gasteiger partial charge in [-0.1, -0.05) is 27.2 Å². The van der Waals surface area contributed by atoms with Crippen LogP contribution in [0.15, 0.2) is 16.7 Å². The summed E-state index contributed by atoms with van der Waals surface area (Å²) in [6.07, 6.45) is 8.84. The molecule has 4 rings (SSSR count). The van der Waals surface area contributed by atoms with Crippen molar-refractivity contribution >= 4 is 5.97 Å². The van der Waals surface area contributed by atoms with Crippen molar-refractivity contribution < 1.29 is 14.3 Å². The summed E-state index contributed by atoms with van der Waals surface area (Å²) in [5.74, 6) is 1.01. The fraction of sp³-hybridized carbons (Fsp3) is 0.750. The van der Waals surface area contributed by atoms with Crippen LogP contribution in [0.2, 0.25) is 0 Å². The van der Waals surface area contributed by atoms with Gasteiger partial charge < -0.3 is 9.52 Å². The molecule has 3 heteroatoms. The van der Waals surface area contributed by atoms with E-state index in [2.05, 4.69) is 26.8 Å². The third-order valence-electron chi connectivity index (χ3n) is 7.69. The molecular weight excluding hydrogens is 288 g/mol. The molecule has 3 aliphatic carbocycles. The minimum atomic E-state index is -0.570. The summed E-state index contributed by atoms with van der Waals surface area (Å²) in [5, 5.41) is 10.4. The molecule has 23 heavy (non-hydrogen) atoms. The fourth-order valence-corrected chi connectivity index (χ4v) is 6.72. The molecule has 3 aliphatic rings. The van der Waals surface area contributed by atoms with Crippen molar-refractivity contribution in [3.05, 3.63) is 23.7 Å². The molecule has 2 fully saturated rings. The zero-order valence-electron chi connectivity index (χ0n) is 14.5. The third-order valence-corrected chi connectivity index (χ3v) is 7.69. The lowest BCUT2D eigenvalue weighted by Crippen LogP contribution is -2.62. The van der Waals surface area contributed by atoms with E-state index >= 15 is 0 Å².